The van der Waals surface area contributed by atoms with Crippen molar-refractivity contribution in [3.8, 4) is 5.75 Å². The highest BCUT2D eigenvalue weighted by Gasteiger charge is 2.17. The molecule has 0 aliphatic carbocycles. The van der Waals surface area contributed by atoms with Crippen LogP contribution in [0.15, 0.2) is 46.9 Å². The van der Waals surface area contributed by atoms with E-state index in [1.165, 1.54) is 6.07 Å². The van der Waals surface area contributed by atoms with Crippen LogP contribution in [-0.2, 0) is 0 Å². The van der Waals surface area contributed by atoms with Crippen molar-refractivity contribution in [2.24, 2.45) is 0 Å². The van der Waals surface area contributed by atoms with E-state index >= 15 is 0 Å². The Bertz CT molecular complexity index is 578. The van der Waals surface area contributed by atoms with Crippen molar-refractivity contribution in [1.82, 2.24) is 5.32 Å². The van der Waals surface area contributed by atoms with Gasteiger partial charge in [0.1, 0.15) is 6.10 Å². The molecular weight excluding hydrogens is 328 g/mol. The number of hydrogen-bond donors (Lipinski definition) is 1. The van der Waals surface area contributed by atoms with Crippen molar-refractivity contribution in [3.63, 3.8) is 0 Å². The van der Waals surface area contributed by atoms with Crippen LogP contribution in [0, 0.1) is 11.6 Å². The van der Waals surface area contributed by atoms with Gasteiger partial charge in [-0.2, -0.15) is 4.39 Å². The molecule has 0 saturated carbocycles. The first kappa shape index (κ1) is 14.9. The van der Waals surface area contributed by atoms with Crippen LogP contribution in [0.3, 0.4) is 0 Å². The molecule has 0 fully saturated rings. The SMILES string of the molecule is CNCC(Oc1cc(Br)cc(F)c1F)c1ccccc1. The topological polar surface area (TPSA) is 21.3 Å². The third-order valence-electron chi connectivity index (χ3n) is 2.79. The van der Waals surface area contributed by atoms with Crippen LogP contribution in [0.4, 0.5) is 8.78 Å². The van der Waals surface area contributed by atoms with E-state index in [1.54, 1.807) is 7.05 Å². The van der Waals surface area contributed by atoms with E-state index in [0.29, 0.717) is 11.0 Å². The normalized spacial score (nSPS) is 12.2. The minimum absolute atomic E-state index is 0.110. The Morgan fingerprint density at radius 1 is 1.20 bits per heavy atom. The standard InChI is InChI=1S/C15H14BrF2NO/c1-19-9-14(10-5-3-2-4-6-10)20-13-8-11(16)7-12(17)15(13)18/h2-8,14,19H,9H2,1H3. The maximum Gasteiger partial charge on any atom is 0.200 e. The molecule has 1 unspecified atom stereocenters. The summed E-state index contributed by atoms with van der Waals surface area (Å²) in [5.41, 5.74) is 0.890. The lowest BCUT2D eigenvalue weighted by molar-refractivity contribution is 0.193. The largest absolute Gasteiger partial charge is 0.481 e. The molecule has 0 amide bonds. The maximum atomic E-state index is 13.8. The molecule has 2 nitrogen and oxygen atoms in total. The molecule has 5 heteroatoms. The van der Waals surface area contributed by atoms with E-state index in [2.05, 4.69) is 21.2 Å². The number of nitrogens with one attached hydrogen (secondary N) is 1. The lowest BCUT2D eigenvalue weighted by atomic mass is 10.1. The third-order valence-corrected chi connectivity index (χ3v) is 3.25. The molecular formula is C15H14BrF2NO. The summed E-state index contributed by atoms with van der Waals surface area (Å²) in [6.07, 6.45) is -0.399. The summed E-state index contributed by atoms with van der Waals surface area (Å²) in [4.78, 5) is 0. The van der Waals surface area contributed by atoms with E-state index in [-0.39, 0.29) is 5.75 Å². The number of likely N-dealkylation sites (N-methyl/N-ethyl adjacent to an activating group) is 1. The molecule has 2 aromatic carbocycles. The van der Waals surface area contributed by atoms with E-state index in [0.717, 1.165) is 11.6 Å². The van der Waals surface area contributed by atoms with Crippen molar-refractivity contribution in [1.29, 1.82) is 0 Å². The van der Waals surface area contributed by atoms with Crippen molar-refractivity contribution in [2.75, 3.05) is 13.6 Å². The van der Waals surface area contributed by atoms with Crippen LogP contribution >= 0.6 is 15.9 Å². The van der Waals surface area contributed by atoms with Gasteiger partial charge in [0.25, 0.3) is 0 Å². The summed E-state index contributed by atoms with van der Waals surface area (Å²) in [6.45, 7) is 0.484. The third kappa shape index (κ3) is 3.55. The molecule has 0 spiro atoms. The van der Waals surface area contributed by atoms with Crippen LogP contribution in [0.2, 0.25) is 0 Å². The van der Waals surface area contributed by atoms with Crippen LogP contribution < -0.4 is 10.1 Å². The van der Waals surface area contributed by atoms with Gasteiger partial charge in [-0.3, -0.25) is 0 Å². The lowest BCUT2D eigenvalue weighted by Crippen LogP contribution is -2.22. The minimum atomic E-state index is -0.981. The summed E-state index contributed by atoms with van der Waals surface area (Å²) in [7, 11) is 1.77. The first-order valence-corrected chi connectivity index (χ1v) is 6.92. The molecule has 0 heterocycles. The van der Waals surface area contributed by atoms with Crippen molar-refractivity contribution in [3.05, 3.63) is 64.1 Å². The zero-order valence-corrected chi connectivity index (χ0v) is 12.5. The molecule has 20 heavy (non-hydrogen) atoms. The van der Waals surface area contributed by atoms with Crippen LogP contribution in [-0.4, -0.2) is 13.6 Å². The van der Waals surface area contributed by atoms with Crippen molar-refractivity contribution < 1.29 is 13.5 Å². The second-order valence-corrected chi connectivity index (χ2v) is 5.19. The van der Waals surface area contributed by atoms with Gasteiger partial charge in [0, 0.05) is 11.0 Å². The smallest absolute Gasteiger partial charge is 0.200 e. The molecule has 2 aromatic rings. The van der Waals surface area contributed by atoms with Gasteiger partial charge in [-0.1, -0.05) is 46.3 Å². The number of rotatable bonds is 5. The number of ether oxygens (including phenoxy) is 1. The Morgan fingerprint density at radius 2 is 1.90 bits per heavy atom. The molecule has 0 aliphatic rings. The van der Waals surface area contributed by atoms with Gasteiger partial charge in [0.2, 0.25) is 5.82 Å². The number of hydrogen-bond acceptors (Lipinski definition) is 2. The van der Waals surface area contributed by atoms with Gasteiger partial charge in [0.15, 0.2) is 11.6 Å². The summed E-state index contributed by atoms with van der Waals surface area (Å²) in [6, 6.07) is 11.9. The lowest BCUT2D eigenvalue weighted by Gasteiger charge is -2.20. The highest BCUT2D eigenvalue weighted by Crippen LogP contribution is 2.29. The number of halogens is 3. The fraction of sp³-hybridized carbons (Fsp3) is 0.200. The Kier molecular flexibility index (Phi) is 5.09. The molecule has 2 rings (SSSR count). The average molecular weight is 342 g/mol. The van der Waals surface area contributed by atoms with Crippen LogP contribution in [0.25, 0.3) is 0 Å². The summed E-state index contributed by atoms with van der Waals surface area (Å²) < 4.78 is 33.2. The predicted molar refractivity (Wildman–Crippen MR) is 77.8 cm³/mol. The van der Waals surface area contributed by atoms with E-state index in [4.69, 9.17) is 4.74 Å². The Balaban J connectivity index is 2.29. The molecule has 0 aromatic heterocycles. The Hall–Kier alpha value is -1.46. The van der Waals surface area contributed by atoms with Crippen LogP contribution in [0.1, 0.15) is 11.7 Å². The van der Waals surface area contributed by atoms with Crippen molar-refractivity contribution in [2.45, 2.75) is 6.10 Å². The summed E-state index contributed by atoms with van der Waals surface area (Å²) in [5, 5.41) is 2.98. The maximum absolute atomic E-state index is 13.8. The zero-order valence-electron chi connectivity index (χ0n) is 10.9. The van der Waals surface area contributed by atoms with Crippen LogP contribution in [0.5, 0.6) is 5.75 Å². The molecule has 106 valence electrons. The Morgan fingerprint density at radius 3 is 2.55 bits per heavy atom. The van der Waals surface area contributed by atoms with Gasteiger partial charge >= 0.3 is 0 Å². The quantitative estimate of drug-likeness (QED) is 0.828. The fourth-order valence-electron chi connectivity index (χ4n) is 1.85. The molecule has 1 atom stereocenters. The molecule has 0 saturated heterocycles. The summed E-state index contributed by atoms with van der Waals surface area (Å²) in [5.74, 6) is -2.03. The predicted octanol–water partition coefficient (Wildman–Crippen LogP) is 4.07. The van der Waals surface area contributed by atoms with Gasteiger partial charge in [-0.15, -0.1) is 0 Å². The first-order valence-electron chi connectivity index (χ1n) is 6.12. The number of benzene rings is 2. The van der Waals surface area contributed by atoms with E-state index in [9.17, 15) is 8.78 Å². The van der Waals surface area contributed by atoms with Crippen molar-refractivity contribution >= 4 is 15.9 Å². The Labute approximate surface area is 124 Å². The average Bonchev–Trinajstić information content (AvgIpc) is 2.44. The second-order valence-electron chi connectivity index (χ2n) is 4.27. The van der Waals surface area contributed by atoms with Gasteiger partial charge < -0.3 is 10.1 Å². The van der Waals surface area contributed by atoms with E-state index in [1.807, 2.05) is 30.3 Å². The second kappa shape index (κ2) is 6.81. The first-order chi connectivity index (χ1) is 9.61. The zero-order chi connectivity index (χ0) is 14.5. The summed E-state index contributed by atoms with van der Waals surface area (Å²) >= 11 is 3.13. The minimum Gasteiger partial charge on any atom is -0.481 e. The monoisotopic (exact) mass is 341 g/mol. The molecule has 0 radical (unpaired) electrons. The van der Waals surface area contributed by atoms with Gasteiger partial charge in [-0.05, 0) is 24.7 Å². The molecule has 0 bridgehead atoms. The fourth-order valence-corrected chi connectivity index (χ4v) is 2.26. The van der Waals surface area contributed by atoms with Gasteiger partial charge in [-0.25, -0.2) is 4.39 Å². The highest BCUT2D eigenvalue weighted by molar-refractivity contribution is 9.10. The van der Waals surface area contributed by atoms with Gasteiger partial charge in [0.05, 0.1) is 0 Å². The molecule has 0 aliphatic heterocycles. The highest BCUT2D eigenvalue weighted by atomic mass is 79.9. The van der Waals surface area contributed by atoms with E-state index < -0.39 is 17.7 Å². The molecule has 1 N–H and O–H groups in total.